The Balaban J connectivity index is 0.000000193. The molecule has 16 rings (SSSR count). The minimum atomic E-state index is -0.821. The van der Waals surface area contributed by atoms with Gasteiger partial charge in [0.05, 0.1) is 0 Å². The molecule has 16 aromatic rings. The van der Waals surface area contributed by atoms with Crippen LogP contribution in [0.2, 0.25) is 0 Å². The maximum Gasteiger partial charge on any atom is 1.00 e. The van der Waals surface area contributed by atoms with Crippen molar-refractivity contribution >= 4 is 59.4 Å². The second-order valence-corrected chi connectivity index (χ2v) is 23.3. The molecular formula is C86H60F2K2NO7P. The molecule has 2 N–H and O–H groups in total. The summed E-state index contributed by atoms with van der Waals surface area (Å²) < 4.78 is 47.5. The monoisotopic (exact) mass is 1370 g/mol. The summed E-state index contributed by atoms with van der Waals surface area (Å²) in [4.78, 5) is 11.2. The van der Waals surface area contributed by atoms with Crippen LogP contribution in [0.3, 0.4) is 0 Å². The second kappa shape index (κ2) is 33.2. The molecule has 0 saturated heterocycles. The summed E-state index contributed by atoms with van der Waals surface area (Å²) in [6.07, 6.45) is 0. The molecule has 0 unspecified atom stereocenters. The van der Waals surface area contributed by atoms with E-state index in [0.717, 1.165) is 106 Å². The Morgan fingerprint density at radius 3 is 0.929 bits per heavy atom. The Morgan fingerprint density at radius 2 is 0.606 bits per heavy atom. The maximum atomic E-state index is 15.5. The van der Waals surface area contributed by atoms with Gasteiger partial charge in [0.2, 0.25) is 0 Å². The summed E-state index contributed by atoms with van der Waals surface area (Å²) in [6, 6.07) is 103. The van der Waals surface area contributed by atoms with Crippen molar-refractivity contribution in [1.82, 2.24) is 0 Å². The Bertz CT molecular complexity index is 5200. The number of rotatable bonds is 11. The first-order chi connectivity index (χ1) is 47.6. The number of para-hydroxylation sites is 4. The van der Waals surface area contributed by atoms with E-state index >= 15 is 8.78 Å². The van der Waals surface area contributed by atoms with Gasteiger partial charge in [-0.3, -0.25) is 9.54 Å². The summed E-state index contributed by atoms with van der Waals surface area (Å²) >= 11 is 0. The average Bonchev–Trinajstić information content (AvgIpc) is 1.55. The smallest absolute Gasteiger partial charge is 1.00 e. The van der Waals surface area contributed by atoms with E-state index in [4.69, 9.17) is 18.9 Å². The van der Waals surface area contributed by atoms with E-state index < -0.39 is 11.6 Å². The molecule has 0 saturated carbocycles. The molecule has 0 aliphatic rings. The van der Waals surface area contributed by atoms with Crippen LogP contribution in [0, 0.1) is 11.6 Å². The van der Waals surface area contributed by atoms with Crippen LogP contribution < -0.4 is 108 Å². The van der Waals surface area contributed by atoms with Gasteiger partial charge in [-0.25, -0.2) is 8.78 Å². The molecule has 0 spiro atoms. The molecule has 2 heterocycles. The number of furan rings is 2. The van der Waals surface area contributed by atoms with Crippen molar-refractivity contribution in [2.45, 2.75) is 0 Å². The first kappa shape index (κ1) is 71.2. The molecule has 13 heteroatoms. The van der Waals surface area contributed by atoms with E-state index in [2.05, 4.69) is 164 Å². The van der Waals surface area contributed by atoms with Crippen molar-refractivity contribution in [1.29, 1.82) is 0 Å². The van der Waals surface area contributed by atoms with Crippen LogP contribution in [-0.2, 0) is 9.68 Å². The van der Waals surface area contributed by atoms with E-state index in [-0.39, 0.29) is 144 Å². The van der Waals surface area contributed by atoms with Gasteiger partial charge in [0.1, 0.15) is 45.5 Å². The van der Waals surface area contributed by atoms with E-state index in [1.807, 2.05) is 121 Å². The molecule has 99 heavy (non-hydrogen) atoms. The fraction of sp³-hybridized carbons (Fsp3) is 0.0116. The summed E-state index contributed by atoms with van der Waals surface area (Å²) in [5, 5.41) is 35.8. The molecule has 2 aromatic heterocycles. The van der Waals surface area contributed by atoms with Crippen LogP contribution in [0.1, 0.15) is 1.43 Å². The number of benzene rings is 14. The van der Waals surface area contributed by atoms with Crippen LogP contribution in [0.25, 0.3) is 155 Å². The zero-order valence-electron chi connectivity index (χ0n) is 55.2. The third-order valence-corrected chi connectivity index (χ3v) is 17.0. The third-order valence-electron chi connectivity index (χ3n) is 17.0. The van der Waals surface area contributed by atoms with Crippen molar-refractivity contribution < 1.29 is 147 Å². The quantitative estimate of drug-likeness (QED) is 0.0434. The van der Waals surface area contributed by atoms with Crippen LogP contribution in [-0.4, -0.2) is 23.7 Å². The van der Waals surface area contributed by atoms with Crippen molar-refractivity contribution in [3.8, 4) is 123 Å². The molecule has 0 bridgehead atoms. The van der Waals surface area contributed by atoms with E-state index in [1.165, 1.54) is 28.3 Å². The maximum absolute atomic E-state index is 15.5. The first-order valence-corrected chi connectivity index (χ1v) is 31.6. The summed E-state index contributed by atoms with van der Waals surface area (Å²) in [7, 11) is 4.47. The number of hydrogen-bond donors (Lipinski definition) is 2. The Kier molecular flexibility index (Phi) is 23.9. The molecule has 0 aliphatic heterocycles. The van der Waals surface area contributed by atoms with Crippen LogP contribution in [0.5, 0.6) is 11.5 Å². The van der Waals surface area contributed by atoms with Crippen LogP contribution in [0.15, 0.2) is 329 Å². The first-order valence-electron chi connectivity index (χ1n) is 31.2. The Hall–Kier alpha value is -9.06. The number of phenols is 2. The van der Waals surface area contributed by atoms with Gasteiger partial charge >= 0.3 is 103 Å². The molecular weight excluding hydrogens is 1310 g/mol. The largest absolute Gasteiger partial charge is 1.00 e. The molecule has 0 atom stereocenters. The molecule has 0 radical (unpaired) electrons. The summed E-state index contributed by atoms with van der Waals surface area (Å²) in [5.41, 5.74) is 19.7. The zero-order valence-corrected chi connectivity index (χ0v) is 61.5. The van der Waals surface area contributed by atoms with E-state index in [0.29, 0.717) is 11.1 Å². The average molecular weight is 1370 g/mol. The van der Waals surface area contributed by atoms with Gasteiger partial charge in [0.15, 0.2) is 0 Å². The Morgan fingerprint density at radius 1 is 0.343 bits per heavy atom. The number of fused-ring (bicyclic) bond motifs is 6. The minimum Gasteiger partial charge on any atom is -1.00 e. The fourth-order valence-corrected chi connectivity index (χ4v) is 12.5. The van der Waals surface area contributed by atoms with Crippen molar-refractivity contribution in [3.63, 3.8) is 0 Å². The standard InChI is InChI=1S/C42H28F2O2.C42H26O2.CH4NP.CH2O3.2K.H/c43-39-26-40(44)38(36-22-10-20-34(42(36)46)32-18-8-16-30(24-32)28-13-5-2-6-14-28)25-37(39)35-21-9-19-33(41(35)45)31-17-7-15-29(23-31)27-11-3-1-4-12-27;1-3-11-27(12-4-1)29-15-7-17-31(23-29)33-19-9-21-35-37-25-38-36-22-10-20-34(42(36)44-40(38)26-39(37)43-41(33)35)32-18-8-16-30(24-32)28-13-5-2-6-14-28;1-2-3;2-1-4-3;;;/h1-26,45-46H;1-26H;3H,1H3;1,3H;;;/q;;;;2*+1;-1/p-1. The van der Waals surface area contributed by atoms with Crippen molar-refractivity contribution in [2.75, 3.05) is 7.05 Å². The second-order valence-electron chi connectivity index (χ2n) is 22.8. The molecule has 0 fully saturated rings. The molecule has 8 nitrogen and oxygen atoms in total. The van der Waals surface area contributed by atoms with Gasteiger partial charge in [-0.2, -0.15) is 0 Å². The predicted octanol–water partition coefficient (Wildman–Crippen LogP) is 17.0. The Labute approximate surface area is 660 Å². The fourth-order valence-electron chi connectivity index (χ4n) is 12.5. The van der Waals surface area contributed by atoms with Gasteiger partial charge in [0.25, 0.3) is 6.47 Å². The molecule has 14 aromatic carbocycles. The molecule has 0 amide bonds. The number of halogens is 2. The third kappa shape index (κ3) is 15.5. The van der Waals surface area contributed by atoms with Crippen molar-refractivity contribution in [3.05, 3.63) is 327 Å². The minimum absolute atomic E-state index is 0. The van der Waals surface area contributed by atoms with E-state index in [9.17, 15) is 10.2 Å². The van der Waals surface area contributed by atoms with Gasteiger partial charge in [-0.1, -0.05) is 267 Å². The number of carbonyl (C=O) groups excluding carboxylic acids is 1. The zero-order chi connectivity index (χ0) is 66.8. The van der Waals surface area contributed by atoms with E-state index in [1.54, 1.807) is 43.4 Å². The summed E-state index contributed by atoms with van der Waals surface area (Å²) in [5.74, 6) is -1.89. The normalized spacial score (nSPS) is 10.6. The number of hydrogen-bond acceptors (Lipinski definition) is 8. The number of phenolic OH excluding ortho intramolecular Hbond substituents is 2. The summed E-state index contributed by atoms with van der Waals surface area (Å²) in [6.45, 7) is -0.181. The topological polar surface area (TPSA) is 128 Å². The molecule has 472 valence electrons. The van der Waals surface area contributed by atoms with Crippen LogP contribution >= 0.6 is 9.03 Å². The predicted molar refractivity (Wildman–Crippen MR) is 390 cm³/mol. The molecule has 0 aliphatic carbocycles. The number of aromatic hydroxyl groups is 2. The SMILES string of the molecule is CN=P.O=CO[O-].Oc1c(-c2cccc(-c3ccccc3)c2)cccc1-c1cc(-c2cccc(-c3cccc(-c4ccccc4)c3)c2O)c(F)cc1F.[H-].[K+].[K+].c1ccc(-c2cccc(-c3cccc4c3oc3cc5oc6c(-c7cccc(-c8ccccc8)c7)cccc6c5cc34)c2)cc1. The van der Waals surface area contributed by atoms with Crippen LogP contribution in [0.4, 0.5) is 8.78 Å². The number of carbonyl (C=O) groups is 1. The van der Waals surface area contributed by atoms with Gasteiger partial charge < -0.3 is 30.6 Å². The van der Waals surface area contributed by atoms with Gasteiger partial charge in [0, 0.05) is 85.2 Å². The van der Waals surface area contributed by atoms with Gasteiger partial charge in [-0.15, -0.1) is 0 Å². The van der Waals surface area contributed by atoms with Crippen molar-refractivity contribution in [2.24, 2.45) is 4.74 Å². The van der Waals surface area contributed by atoms with Gasteiger partial charge in [-0.05, 0) is 112 Å². The number of nitrogens with zero attached hydrogens (tertiary/aromatic N) is 1.